The number of guanidine groups is 1. The maximum absolute atomic E-state index is 11.5. The standard InChI is InChI=1S/C16H28N4O3.HI/c1-16(2,3)23-15(21)19-10-6-5-9-18-14(17-4)20-12-13-8-7-11-22-13;/h7-8,11H,5-6,9-10,12H2,1-4H3,(H,19,21)(H2,17,18,20);1H. The smallest absolute Gasteiger partial charge is 0.407 e. The molecule has 1 rings (SSSR count). The van der Waals surface area contributed by atoms with Crippen molar-refractivity contribution in [2.75, 3.05) is 20.1 Å². The summed E-state index contributed by atoms with van der Waals surface area (Å²) in [6.45, 7) is 7.49. The monoisotopic (exact) mass is 452 g/mol. The SMILES string of the molecule is CN=C(NCCCCNC(=O)OC(C)(C)C)NCc1ccco1.I. The van der Waals surface area contributed by atoms with Gasteiger partial charge in [0.25, 0.3) is 0 Å². The third kappa shape index (κ3) is 11.1. The third-order valence-corrected chi connectivity index (χ3v) is 2.80. The van der Waals surface area contributed by atoms with Crippen LogP contribution in [0.5, 0.6) is 0 Å². The van der Waals surface area contributed by atoms with Gasteiger partial charge in [-0.15, -0.1) is 24.0 Å². The summed E-state index contributed by atoms with van der Waals surface area (Å²) < 4.78 is 10.4. The molecule has 0 unspecified atom stereocenters. The van der Waals surface area contributed by atoms with E-state index in [-0.39, 0.29) is 30.1 Å². The van der Waals surface area contributed by atoms with Gasteiger partial charge in [0, 0.05) is 20.1 Å². The van der Waals surface area contributed by atoms with Gasteiger partial charge in [-0.1, -0.05) is 0 Å². The number of carbonyl (C=O) groups excluding carboxylic acids is 1. The van der Waals surface area contributed by atoms with E-state index in [0.717, 1.165) is 31.1 Å². The van der Waals surface area contributed by atoms with Gasteiger partial charge >= 0.3 is 6.09 Å². The zero-order chi connectivity index (χ0) is 17.1. The fourth-order valence-corrected chi connectivity index (χ4v) is 1.77. The molecule has 7 nitrogen and oxygen atoms in total. The molecule has 0 saturated heterocycles. The number of hydrogen-bond donors (Lipinski definition) is 3. The first kappa shape index (κ1) is 22.6. The molecule has 0 spiro atoms. The number of carbonyl (C=O) groups is 1. The van der Waals surface area contributed by atoms with Crippen molar-refractivity contribution < 1.29 is 13.9 Å². The minimum absolute atomic E-state index is 0. The van der Waals surface area contributed by atoms with E-state index in [0.29, 0.717) is 13.1 Å². The van der Waals surface area contributed by atoms with E-state index in [2.05, 4.69) is 20.9 Å². The average Bonchev–Trinajstić information content (AvgIpc) is 2.97. The van der Waals surface area contributed by atoms with Crippen molar-refractivity contribution >= 4 is 36.0 Å². The second kappa shape index (κ2) is 12.0. The predicted octanol–water partition coefficient (Wildman–Crippen LogP) is 2.87. The van der Waals surface area contributed by atoms with E-state index < -0.39 is 5.60 Å². The van der Waals surface area contributed by atoms with Crippen LogP contribution in [0.3, 0.4) is 0 Å². The molecule has 0 aliphatic rings. The Morgan fingerprint density at radius 3 is 2.42 bits per heavy atom. The number of furan rings is 1. The lowest BCUT2D eigenvalue weighted by Crippen LogP contribution is -2.37. The molecule has 0 aliphatic carbocycles. The highest BCUT2D eigenvalue weighted by Crippen LogP contribution is 2.06. The first-order chi connectivity index (χ1) is 10.9. The first-order valence-corrected chi connectivity index (χ1v) is 7.84. The Bertz CT molecular complexity index is 484. The summed E-state index contributed by atoms with van der Waals surface area (Å²) in [5.74, 6) is 1.58. The van der Waals surface area contributed by atoms with Gasteiger partial charge in [-0.2, -0.15) is 0 Å². The average molecular weight is 452 g/mol. The molecule has 0 saturated carbocycles. The Morgan fingerprint density at radius 1 is 1.21 bits per heavy atom. The normalized spacial score (nSPS) is 11.4. The fraction of sp³-hybridized carbons (Fsp3) is 0.625. The summed E-state index contributed by atoms with van der Waals surface area (Å²) in [5.41, 5.74) is -0.461. The van der Waals surface area contributed by atoms with Crippen molar-refractivity contribution in [1.29, 1.82) is 0 Å². The molecule has 24 heavy (non-hydrogen) atoms. The summed E-state index contributed by atoms with van der Waals surface area (Å²) in [4.78, 5) is 15.6. The molecule has 0 radical (unpaired) electrons. The Hall–Kier alpha value is -1.45. The lowest BCUT2D eigenvalue weighted by molar-refractivity contribution is 0.0527. The van der Waals surface area contributed by atoms with Gasteiger partial charge in [0.05, 0.1) is 12.8 Å². The quantitative estimate of drug-likeness (QED) is 0.256. The molecule has 0 aliphatic heterocycles. The van der Waals surface area contributed by atoms with Gasteiger partial charge in [-0.25, -0.2) is 4.79 Å². The molecule has 0 atom stereocenters. The molecule has 1 heterocycles. The van der Waals surface area contributed by atoms with Crippen molar-refractivity contribution in [1.82, 2.24) is 16.0 Å². The lowest BCUT2D eigenvalue weighted by atomic mass is 10.2. The maximum Gasteiger partial charge on any atom is 0.407 e. The van der Waals surface area contributed by atoms with Gasteiger partial charge in [0.1, 0.15) is 11.4 Å². The Labute approximate surface area is 161 Å². The van der Waals surface area contributed by atoms with Crippen molar-refractivity contribution in [2.45, 2.75) is 45.8 Å². The predicted molar refractivity (Wildman–Crippen MR) is 106 cm³/mol. The Balaban J connectivity index is 0.00000529. The van der Waals surface area contributed by atoms with Crippen molar-refractivity contribution in [3.05, 3.63) is 24.2 Å². The molecule has 0 fully saturated rings. The molecule has 1 aromatic rings. The molecular formula is C16H29IN4O3. The number of halogens is 1. The second-order valence-corrected chi connectivity index (χ2v) is 6.07. The van der Waals surface area contributed by atoms with E-state index in [1.54, 1.807) is 13.3 Å². The summed E-state index contributed by atoms with van der Waals surface area (Å²) in [6, 6.07) is 3.76. The number of unbranched alkanes of at least 4 members (excludes halogenated alkanes) is 1. The van der Waals surface area contributed by atoms with Gasteiger partial charge in [-0.05, 0) is 45.7 Å². The topological polar surface area (TPSA) is 87.9 Å². The van der Waals surface area contributed by atoms with Crippen molar-refractivity contribution in [2.24, 2.45) is 4.99 Å². The van der Waals surface area contributed by atoms with Gasteiger partial charge < -0.3 is 25.1 Å². The molecule has 0 bridgehead atoms. The molecule has 1 amide bonds. The van der Waals surface area contributed by atoms with Crippen LogP contribution in [0.2, 0.25) is 0 Å². The highest BCUT2D eigenvalue weighted by molar-refractivity contribution is 14.0. The molecule has 1 aromatic heterocycles. The van der Waals surface area contributed by atoms with Crippen molar-refractivity contribution in [3.63, 3.8) is 0 Å². The van der Waals surface area contributed by atoms with Crippen LogP contribution in [-0.2, 0) is 11.3 Å². The van der Waals surface area contributed by atoms with Crippen LogP contribution in [0.1, 0.15) is 39.4 Å². The number of nitrogens with one attached hydrogen (secondary N) is 3. The van der Waals surface area contributed by atoms with E-state index in [1.807, 2.05) is 32.9 Å². The Kier molecular flexibility index (Phi) is 11.3. The van der Waals surface area contributed by atoms with Crippen LogP contribution >= 0.6 is 24.0 Å². The van der Waals surface area contributed by atoms with Gasteiger partial charge in [0.2, 0.25) is 0 Å². The number of amides is 1. The van der Waals surface area contributed by atoms with E-state index in [1.165, 1.54) is 0 Å². The summed E-state index contributed by atoms with van der Waals surface area (Å²) >= 11 is 0. The highest BCUT2D eigenvalue weighted by atomic mass is 127. The molecule has 138 valence electrons. The minimum atomic E-state index is -0.461. The summed E-state index contributed by atoms with van der Waals surface area (Å²) in [6.07, 6.45) is 3.05. The zero-order valence-electron chi connectivity index (χ0n) is 14.8. The number of aliphatic imine (C=N–C) groups is 1. The fourth-order valence-electron chi connectivity index (χ4n) is 1.77. The van der Waals surface area contributed by atoms with Crippen LogP contribution in [0.25, 0.3) is 0 Å². The number of nitrogens with zero attached hydrogens (tertiary/aromatic N) is 1. The van der Waals surface area contributed by atoms with E-state index in [4.69, 9.17) is 9.15 Å². The third-order valence-electron chi connectivity index (χ3n) is 2.80. The summed E-state index contributed by atoms with van der Waals surface area (Å²) in [7, 11) is 1.72. The lowest BCUT2D eigenvalue weighted by Gasteiger charge is -2.19. The second-order valence-electron chi connectivity index (χ2n) is 6.07. The largest absolute Gasteiger partial charge is 0.467 e. The highest BCUT2D eigenvalue weighted by Gasteiger charge is 2.15. The van der Waals surface area contributed by atoms with Crippen LogP contribution in [0.15, 0.2) is 27.8 Å². The van der Waals surface area contributed by atoms with E-state index in [9.17, 15) is 4.79 Å². The first-order valence-electron chi connectivity index (χ1n) is 7.84. The van der Waals surface area contributed by atoms with Gasteiger partial charge in [0.15, 0.2) is 5.96 Å². The molecule has 3 N–H and O–H groups in total. The number of rotatable bonds is 7. The zero-order valence-corrected chi connectivity index (χ0v) is 17.2. The van der Waals surface area contributed by atoms with E-state index >= 15 is 0 Å². The summed E-state index contributed by atoms with van der Waals surface area (Å²) in [5, 5.41) is 9.11. The number of ether oxygens (including phenoxy) is 1. The number of alkyl carbamates (subject to hydrolysis) is 1. The minimum Gasteiger partial charge on any atom is -0.467 e. The number of hydrogen-bond acceptors (Lipinski definition) is 4. The maximum atomic E-state index is 11.5. The Morgan fingerprint density at radius 2 is 1.88 bits per heavy atom. The van der Waals surface area contributed by atoms with Crippen molar-refractivity contribution in [3.8, 4) is 0 Å². The van der Waals surface area contributed by atoms with Gasteiger partial charge in [-0.3, -0.25) is 4.99 Å². The van der Waals surface area contributed by atoms with Crippen LogP contribution in [-0.4, -0.2) is 37.8 Å². The van der Waals surface area contributed by atoms with Crippen LogP contribution < -0.4 is 16.0 Å². The molecule has 8 heteroatoms. The molecule has 0 aromatic carbocycles. The van der Waals surface area contributed by atoms with Crippen LogP contribution in [0, 0.1) is 0 Å². The van der Waals surface area contributed by atoms with Crippen LogP contribution in [0.4, 0.5) is 4.79 Å². The molecular weight excluding hydrogens is 423 g/mol.